The van der Waals surface area contributed by atoms with Gasteiger partial charge in [0.15, 0.2) is 0 Å². The Balaban J connectivity index is 1.53. The molecular weight excluding hydrogens is 196 g/mol. The van der Waals surface area contributed by atoms with Gasteiger partial charge in [0, 0.05) is 6.54 Å². The highest BCUT2D eigenvalue weighted by molar-refractivity contribution is 5.07. The predicted octanol–water partition coefficient (Wildman–Crippen LogP) is 2.42. The van der Waals surface area contributed by atoms with Crippen LogP contribution in [0, 0.1) is 5.92 Å². The van der Waals surface area contributed by atoms with Crippen LogP contribution in [0.5, 0.6) is 0 Å². The molecule has 1 aliphatic carbocycles. The van der Waals surface area contributed by atoms with Gasteiger partial charge in [0.1, 0.15) is 0 Å². The zero-order valence-electron chi connectivity index (χ0n) is 10.7. The lowest BCUT2D eigenvalue weighted by Gasteiger charge is -2.29. The maximum absolute atomic E-state index is 3.64. The molecule has 1 unspecified atom stereocenters. The van der Waals surface area contributed by atoms with Crippen LogP contribution in [0.2, 0.25) is 0 Å². The van der Waals surface area contributed by atoms with E-state index in [1.54, 1.807) is 5.57 Å². The van der Waals surface area contributed by atoms with Crippen molar-refractivity contribution in [1.82, 2.24) is 10.2 Å². The molecule has 2 aliphatic rings. The lowest BCUT2D eigenvalue weighted by atomic mass is 9.98. The van der Waals surface area contributed by atoms with Gasteiger partial charge < -0.3 is 10.2 Å². The Hall–Kier alpha value is -0.340. The monoisotopic (exact) mass is 222 g/mol. The standard InChI is InChI=1S/C14H26N2/c1-16-10-4-7-14(12-16)11-15-9-8-13-5-2-3-6-13/h5,14-15H,2-4,6-12H2,1H3. The summed E-state index contributed by atoms with van der Waals surface area (Å²) >= 11 is 0. The van der Waals surface area contributed by atoms with Gasteiger partial charge in [-0.2, -0.15) is 0 Å². The molecule has 1 heterocycles. The number of hydrogen-bond donors (Lipinski definition) is 1. The number of likely N-dealkylation sites (tertiary alicyclic amines) is 1. The second kappa shape index (κ2) is 6.41. The molecule has 2 rings (SSSR count). The average Bonchev–Trinajstić information content (AvgIpc) is 2.77. The van der Waals surface area contributed by atoms with Crippen molar-refractivity contribution in [2.75, 3.05) is 33.2 Å². The minimum Gasteiger partial charge on any atom is -0.316 e. The third kappa shape index (κ3) is 3.91. The molecule has 0 aromatic heterocycles. The molecule has 0 spiro atoms. The highest BCUT2D eigenvalue weighted by Gasteiger charge is 2.16. The van der Waals surface area contributed by atoms with Crippen LogP contribution in [0.25, 0.3) is 0 Å². The minimum atomic E-state index is 0.885. The summed E-state index contributed by atoms with van der Waals surface area (Å²) in [6.45, 7) is 4.99. The number of nitrogens with one attached hydrogen (secondary N) is 1. The van der Waals surface area contributed by atoms with E-state index in [1.807, 2.05) is 0 Å². The fourth-order valence-electron chi connectivity index (χ4n) is 2.96. The highest BCUT2D eigenvalue weighted by atomic mass is 15.1. The number of hydrogen-bond acceptors (Lipinski definition) is 2. The van der Waals surface area contributed by atoms with Gasteiger partial charge in [-0.05, 0) is 71.1 Å². The maximum Gasteiger partial charge on any atom is 0.00187 e. The fourth-order valence-corrected chi connectivity index (χ4v) is 2.96. The third-order valence-electron chi connectivity index (χ3n) is 3.91. The van der Waals surface area contributed by atoms with Crippen molar-refractivity contribution in [3.63, 3.8) is 0 Å². The number of piperidine rings is 1. The van der Waals surface area contributed by atoms with Gasteiger partial charge >= 0.3 is 0 Å². The van der Waals surface area contributed by atoms with Crippen molar-refractivity contribution >= 4 is 0 Å². The van der Waals surface area contributed by atoms with Gasteiger partial charge in [0.05, 0.1) is 0 Å². The van der Waals surface area contributed by atoms with Crippen molar-refractivity contribution in [2.24, 2.45) is 5.92 Å². The zero-order chi connectivity index (χ0) is 11.2. The summed E-state index contributed by atoms with van der Waals surface area (Å²) in [5.74, 6) is 0.885. The minimum absolute atomic E-state index is 0.885. The van der Waals surface area contributed by atoms with E-state index in [0.717, 1.165) is 5.92 Å². The van der Waals surface area contributed by atoms with Gasteiger partial charge in [-0.1, -0.05) is 11.6 Å². The molecule has 1 aliphatic heterocycles. The lowest BCUT2D eigenvalue weighted by molar-refractivity contribution is 0.206. The van der Waals surface area contributed by atoms with Crippen molar-refractivity contribution in [3.05, 3.63) is 11.6 Å². The largest absolute Gasteiger partial charge is 0.316 e. The summed E-state index contributed by atoms with van der Waals surface area (Å²) in [5.41, 5.74) is 1.69. The topological polar surface area (TPSA) is 15.3 Å². The van der Waals surface area contributed by atoms with Crippen LogP contribution in [-0.2, 0) is 0 Å². The Bertz CT molecular complexity index is 235. The summed E-state index contributed by atoms with van der Waals surface area (Å²) in [6, 6.07) is 0. The first kappa shape index (κ1) is 12.1. The molecule has 1 fully saturated rings. The lowest BCUT2D eigenvalue weighted by Crippen LogP contribution is -2.37. The van der Waals surface area contributed by atoms with Crippen LogP contribution in [0.1, 0.15) is 38.5 Å². The van der Waals surface area contributed by atoms with Crippen LogP contribution in [0.4, 0.5) is 0 Å². The Morgan fingerprint density at radius 1 is 1.44 bits per heavy atom. The summed E-state index contributed by atoms with van der Waals surface area (Å²) in [6.07, 6.45) is 10.6. The molecule has 16 heavy (non-hydrogen) atoms. The molecule has 0 aromatic rings. The molecule has 0 saturated carbocycles. The normalized spacial score (nSPS) is 27.1. The van der Waals surface area contributed by atoms with Gasteiger partial charge in [-0.25, -0.2) is 0 Å². The van der Waals surface area contributed by atoms with Crippen molar-refractivity contribution in [1.29, 1.82) is 0 Å². The van der Waals surface area contributed by atoms with E-state index in [1.165, 1.54) is 64.7 Å². The Morgan fingerprint density at radius 3 is 3.12 bits per heavy atom. The van der Waals surface area contributed by atoms with Crippen molar-refractivity contribution in [2.45, 2.75) is 38.5 Å². The first-order valence-electron chi connectivity index (χ1n) is 6.92. The van der Waals surface area contributed by atoms with Crippen molar-refractivity contribution in [3.8, 4) is 0 Å². The highest BCUT2D eigenvalue weighted by Crippen LogP contribution is 2.20. The summed E-state index contributed by atoms with van der Waals surface area (Å²) in [4.78, 5) is 2.47. The third-order valence-corrected chi connectivity index (χ3v) is 3.91. The number of nitrogens with zero attached hydrogens (tertiary/aromatic N) is 1. The number of rotatable bonds is 5. The maximum atomic E-state index is 3.64. The van der Waals surface area contributed by atoms with Gasteiger partial charge in [0.25, 0.3) is 0 Å². The molecule has 0 bridgehead atoms. The van der Waals surface area contributed by atoms with E-state index < -0.39 is 0 Å². The Kier molecular flexibility index (Phi) is 4.86. The first-order chi connectivity index (χ1) is 7.84. The quantitative estimate of drug-likeness (QED) is 0.568. The van der Waals surface area contributed by atoms with Gasteiger partial charge in [-0.15, -0.1) is 0 Å². The van der Waals surface area contributed by atoms with Crippen LogP contribution < -0.4 is 5.32 Å². The summed E-state index contributed by atoms with van der Waals surface area (Å²) < 4.78 is 0. The fraction of sp³-hybridized carbons (Fsp3) is 0.857. The van der Waals surface area contributed by atoms with Gasteiger partial charge in [-0.3, -0.25) is 0 Å². The van der Waals surface area contributed by atoms with Gasteiger partial charge in [0.2, 0.25) is 0 Å². The van der Waals surface area contributed by atoms with Crippen LogP contribution >= 0.6 is 0 Å². The summed E-state index contributed by atoms with van der Waals surface area (Å²) in [7, 11) is 2.25. The molecule has 1 saturated heterocycles. The molecule has 1 atom stereocenters. The Morgan fingerprint density at radius 2 is 2.38 bits per heavy atom. The van der Waals surface area contributed by atoms with Crippen LogP contribution in [0.15, 0.2) is 11.6 Å². The SMILES string of the molecule is CN1CCCC(CNCCC2=CCCC2)C1. The van der Waals surface area contributed by atoms with E-state index in [9.17, 15) is 0 Å². The molecule has 2 heteroatoms. The number of allylic oxidation sites excluding steroid dienone is 1. The zero-order valence-corrected chi connectivity index (χ0v) is 10.7. The second-order valence-electron chi connectivity index (χ2n) is 5.48. The van der Waals surface area contributed by atoms with Crippen molar-refractivity contribution < 1.29 is 0 Å². The molecule has 2 nitrogen and oxygen atoms in total. The van der Waals surface area contributed by atoms with Crippen LogP contribution in [-0.4, -0.2) is 38.1 Å². The predicted molar refractivity (Wildman–Crippen MR) is 69.6 cm³/mol. The molecular formula is C14H26N2. The van der Waals surface area contributed by atoms with E-state index >= 15 is 0 Å². The molecule has 92 valence electrons. The van der Waals surface area contributed by atoms with E-state index in [4.69, 9.17) is 0 Å². The average molecular weight is 222 g/mol. The Labute approximate surface area is 100 Å². The smallest absolute Gasteiger partial charge is 0.00187 e. The molecule has 0 aromatic carbocycles. The van der Waals surface area contributed by atoms with E-state index in [-0.39, 0.29) is 0 Å². The second-order valence-corrected chi connectivity index (χ2v) is 5.48. The van der Waals surface area contributed by atoms with E-state index in [0.29, 0.717) is 0 Å². The molecule has 1 N–H and O–H groups in total. The van der Waals surface area contributed by atoms with Crippen LogP contribution in [0.3, 0.4) is 0 Å². The van der Waals surface area contributed by atoms with E-state index in [2.05, 4.69) is 23.3 Å². The summed E-state index contributed by atoms with van der Waals surface area (Å²) in [5, 5.41) is 3.64. The first-order valence-corrected chi connectivity index (χ1v) is 6.92. The molecule has 0 radical (unpaired) electrons. The molecule has 0 amide bonds.